The molecule has 0 amide bonds. The van der Waals surface area contributed by atoms with Gasteiger partial charge in [0.1, 0.15) is 23.8 Å². The van der Waals surface area contributed by atoms with E-state index in [0.717, 1.165) is 31.6 Å². The van der Waals surface area contributed by atoms with Crippen molar-refractivity contribution < 1.29 is 14.2 Å². The summed E-state index contributed by atoms with van der Waals surface area (Å²) in [6, 6.07) is 5.88. The molecular weight excluding hydrogens is 309 g/mol. The lowest BCUT2D eigenvalue weighted by Crippen LogP contribution is -2.51. The quantitative estimate of drug-likeness (QED) is 0.882. The van der Waals surface area contributed by atoms with Crippen LogP contribution in [0.5, 0.6) is 5.75 Å². The summed E-state index contributed by atoms with van der Waals surface area (Å²) in [5.41, 5.74) is 0.272. The molecule has 1 aromatic heterocycles. The third-order valence-corrected chi connectivity index (χ3v) is 4.37. The lowest BCUT2D eigenvalue weighted by Gasteiger charge is -2.38. The molecule has 1 aliphatic rings. The first kappa shape index (κ1) is 16.9. The van der Waals surface area contributed by atoms with E-state index in [1.54, 1.807) is 12.1 Å². The van der Waals surface area contributed by atoms with Gasteiger partial charge in [0.2, 0.25) is 0 Å². The smallest absolute Gasteiger partial charge is 0.123 e. The van der Waals surface area contributed by atoms with Gasteiger partial charge in [0.15, 0.2) is 0 Å². The number of benzene rings is 1. The SMILES string of the molecule is CCn1cc(CN2CCC[C@@](O)(COc3ccc(F)cc3)C2)cn1. The molecule has 1 fully saturated rings. The normalized spacial score (nSPS) is 21.8. The van der Waals surface area contributed by atoms with Crippen LogP contribution in [0.3, 0.4) is 0 Å². The van der Waals surface area contributed by atoms with Crippen LogP contribution in [-0.2, 0) is 13.1 Å². The Bertz CT molecular complexity index is 659. The first-order valence-electron chi connectivity index (χ1n) is 8.41. The Hall–Kier alpha value is -1.92. The first-order chi connectivity index (χ1) is 11.6. The summed E-state index contributed by atoms with van der Waals surface area (Å²) >= 11 is 0. The van der Waals surface area contributed by atoms with E-state index in [0.29, 0.717) is 18.7 Å². The summed E-state index contributed by atoms with van der Waals surface area (Å²) in [6.45, 7) is 5.42. The minimum Gasteiger partial charge on any atom is -0.491 e. The predicted octanol–water partition coefficient (Wildman–Crippen LogP) is 2.45. The number of likely N-dealkylation sites (tertiary alicyclic amines) is 1. The van der Waals surface area contributed by atoms with Crippen molar-refractivity contribution >= 4 is 0 Å². The standard InChI is InChI=1S/C18H24FN3O2/c1-2-22-12-15(10-20-22)11-21-9-3-8-18(23,13-21)14-24-17-6-4-16(19)5-7-17/h4-7,10,12,23H,2-3,8-9,11,13-14H2,1H3/t18-/m0/s1. The molecule has 24 heavy (non-hydrogen) atoms. The van der Waals surface area contributed by atoms with E-state index in [9.17, 15) is 9.50 Å². The molecule has 2 aromatic rings. The second kappa shape index (κ2) is 7.32. The number of hydrogen-bond donors (Lipinski definition) is 1. The van der Waals surface area contributed by atoms with E-state index in [1.807, 2.05) is 17.1 Å². The molecule has 6 heteroatoms. The molecule has 0 bridgehead atoms. The monoisotopic (exact) mass is 333 g/mol. The van der Waals surface area contributed by atoms with Crippen molar-refractivity contribution in [2.45, 2.75) is 38.5 Å². The number of ether oxygens (including phenoxy) is 1. The van der Waals surface area contributed by atoms with Gasteiger partial charge in [0, 0.05) is 31.4 Å². The number of β-amino-alcohol motifs (C(OH)–C–C–N with tert-alkyl or cyclic N) is 1. The average Bonchev–Trinajstić information content (AvgIpc) is 3.02. The number of halogens is 1. The Labute approximate surface area is 141 Å². The van der Waals surface area contributed by atoms with E-state index in [4.69, 9.17) is 4.74 Å². The van der Waals surface area contributed by atoms with Gasteiger partial charge in [-0.1, -0.05) is 0 Å². The van der Waals surface area contributed by atoms with Gasteiger partial charge in [-0.2, -0.15) is 5.10 Å². The van der Waals surface area contributed by atoms with Gasteiger partial charge in [-0.3, -0.25) is 9.58 Å². The Balaban J connectivity index is 1.55. The van der Waals surface area contributed by atoms with Crippen LogP contribution < -0.4 is 4.74 Å². The van der Waals surface area contributed by atoms with Crippen molar-refractivity contribution in [2.75, 3.05) is 19.7 Å². The number of aliphatic hydroxyl groups is 1. The molecule has 1 saturated heterocycles. The Morgan fingerprint density at radius 2 is 2.12 bits per heavy atom. The Kier molecular flexibility index (Phi) is 5.16. The molecular formula is C18H24FN3O2. The van der Waals surface area contributed by atoms with Crippen LogP contribution in [0.25, 0.3) is 0 Å². The van der Waals surface area contributed by atoms with Crippen LogP contribution in [0, 0.1) is 5.82 Å². The van der Waals surface area contributed by atoms with E-state index in [2.05, 4.69) is 16.9 Å². The summed E-state index contributed by atoms with van der Waals surface area (Å²) in [5, 5.41) is 15.1. The summed E-state index contributed by atoms with van der Waals surface area (Å²) in [5.74, 6) is 0.281. The summed E-state index contributed by atoms with van der Waals surface area (Å²) < 4.78 is 20.5. The molecule has 0 aliphatic carbocycles. The molecule has 130 valence electrons. The molecule has 0 unspecified atom stereocenters. The van der Waals surface area contributed by atoms with Crippen molar-refractivity contribution in [1.29, 1.82) is 0 Å². The number of rotatable bonds is 6. The highest BCUT2D eigenvalue weighted by Crippen LogP contribution is 2.24. The lowest BCUT2D eigenvalue weighted by molar-refractivity contribution is -0.0621. The minimum atomic E-state index is -0.882. The highest BCUT2D eigenvalue weighted by molar-refractivity contribution is 5.22. The molecule has 0 spiro atoms. The molecule has 1 atom stereocenters. The van der Waals surface area contributed by atoms with Gasteiger partial charge in [-0.05, 0) is 50.6 Å². The number of aromatic nitrogens is 2. The van der Waals surface area contributed by atoms with Crippen LogP contribution in [0.15, 0.2) is 36.7 Å². The minimum absolute atomic E-state index is 0.212. The van der Waals surface area contributed by atoms with Gasteiger partial charge in [-0.15, -0.1) is 0 Å². The highest BCUT2D eigenvalue weighted by Gasteiger charge is 2.34. The Morgan fingerprint density at radius 3 is 2.83 bits per heavy atom. The molecule has 3 rings (SSSR count). The van der Waals surface area contributed by atoms with Crippen LogP contribution in [0.4, 0.5) is 4.39 Å². The second-order valence-electron chi connectivity index (χ2n) is 6.49. The maximum atomic E-state index is 12.9. The van der Waals surface area contributed by atoms with E-state index < -0.39 is 5.60 Å². The fraction of sp³-hybridized carbons (Fsp3) is 0.500. The maximum absolute atomic E-state index is 12.9. The maximum Gasteiger partial charge on any atom is 0.123 e. The summed E-state index contributed by atoms with van der Waals surface area (Å²) in [7, 11) is 0. The highest BCUT2D eigenvalue weighted by atomic mass is 19.1. The van der Waals surface area contributed by atoms with Gasteiger partial charge < -0.3 is 9.84 Å². The molecule has 1 aromatic carbocycles. The number of hydrogen-bond acceptors (Lipinski definition) is 4. The largest absolute Gasteiger partial charge is 0.491 e. The van der Waals surface area contributed by atoms with Crippen LogP contribution in [0.1, 0.15) is 25.3 Å². The predicted molar refractivity (Wildman–Crippen MR) is 89.3 cm³/mol. The van der Waals surface area contributed by atoms with Crippen LogP contribution >= 0.6 is 0 Å². The molecule has 0 radical (unpaired) electrons. The van der Waals surface area contributed by atoms with E-state index >= 15 is 0 Å². The number of nitrogens with zero attached hydrogens (tertiary/aromatic N) is 3. The van der Waals surface area contributed by atoms with Crippen molar-refractivity contribution in [1.82, 2.24) is 14.7 Å². The van der Waals surface area contributed by atoms with E-state index in [-0.39, 0.29) is 12.4 Å². The number of aryl methyl sites for hydroxylation is 1. The average molecular weight is 333 g/mol. The van der Waals surface area contributed by atoms with Crippen molar-refractivity contribution in [2.24, 2.45) is 0 Å². The van der Waals surface area contributed by atoms with Gasteiger partial charge in [0.25, 0.3) is 0 Å². The first-order valence-corrected chi connectivity index (χ1v) is 8.41. The van der Waals surface area contributed by atoms with Gasteiger partial charge >= 0.3 is 0 Å². The molecule has 1 aliphatic heterocycles. The fourth-order valence-corrected chi connectivity index (χ4v) is 3.13. The van der Waals surface area contributed by atoms with Gasteiger partial charge in [-0.25, -0.2) is 4.39 Å². The zero-order valence-electron chi connectivity index (χ0n) is 14.0. The van der Waals surface area contributed by atoms with Crippen molar-refractivity contribution in [3.05, 3.63) is 48.0 Å². The van der Waals surface area contributed by atoms with Crippen molar-refractivity contribution in [3.63, 3.8) is 0 Å². The van der Waals surface area contributed by atoms with Crippen LogP contribution in [0.2, 0.25) is 0 Å². The number of piperidine rings is 1. The third kappa shape index (κ3) is 4.33. The van der Waals surface area contributed by atoms with Gasteiger partial charge in [0.05, 0.1) is 6.20 Å². The van der Waals surface area contributed by atoms with Crippen LogP contribution in [-0.4, -0.2) is 45.1 Å². The zero-order chi connectivity index (χ0) is 17.0. The molecule has 5 nitrogen and oxygen atoms in total. The van der Waals surface area contributed by atoms with E-state index in [1.165, 1.54) is 12.1 Å². The summed E-state index contributed by atoms with van der Waals surface area (Å²) in [6.07, 6.45) is 5.55. The lowest BCUT2D eigenvalue weighted by atomic mass is 9.93. The zero-order valence-corrected chi connectivity index (χ0v) is 14.0. The second-order valence-corrected chi connectivity index (χ2v) is 6.49. The third-order valence-electron chi connectivity index (χ3n) is 4.37. The summed E-state index contributed by atoms with van der Waals surface area (Å²) in [4.78, 5) is 2.23. The molecule has 0 saturated carbocycles. The Morgan fingerprint density at radius 1 is 1.33 bits per heavy atom. The van der Waals surface area contributed by atoms with Crippen molar-refractivity contribution in [3.8, 4) is 5.75 Å². The fourth-order valence-electron chi connectivity index (χ4n) is 3.13. The topological polar surface area (TPSA) is 50.5 Å². The molecule has 2 heterocycles. The molecule has 1 N–H and O–H groups in total.